The molecule has 0 unspecified atom stereocenters. The van der Waals surface area contributed by atoms with Gasteiger partial charge in [0.2, 0.25) is 5.82 Å². The molecule has 16 heavy (non-hydrogen) atoms. The van der Waals surface area contributed by atoms with Crippen molar-refractivity contribution >= 4 is 0 Å². The maximum absolute atomic E-state index is 12.0. The van der Waals surface area contributed by atoms with E-state index in [1.807, 2.05) is 19.9 Å². The molecule has 0 aliphatic carbocycles. The van der Waals surface area contributed by atoms with Gasteiger partial charge in [-0.25, -0.2) is 9.67 Å². The Labute approximate surface area is 93.4 Å². The molecule has 2 heterocycles. The summed E-state index contributed by atoms with van der Waals surface area (Å²) in [5.41, 5.74) is 0.763. The summed E-state index contributed by atoms with van der Waals surface area (Å²) in [6, 6.07) is 1.85. The van der Waals surface area contributed by atoms with Crippen molar-refractivity contribution in [1.29, 1.82) is 0 Å². The molecule has 0 amide bonds. The van der Waals surface area contributed by atoms with E-state index in [0.29, 0.717) is 12.4 Å². The summed E-state index contributed by atoms with van der Waals surface area (Å²) >= 11 is 0. The van der Waals surface area contributed by atoms with E-state index in [9.17, 15) is 4.79 Å². The number of hydrogen-bond donors (Lipinski definition) is 0. The summed E-state index contributed by atoms with van der Waals surface area (Å²) in [5.74, 6) is 0.351. The van der Waals surface area contributed by atoms with Crippen molar-refractivity contribution in [2.45, 2.75) is 26.8 Å². The maximum atomic E-state index is 12.0. The van der Waals surface area contributed by atoms with Crippen LogP contribution in [-0.2, 0) is 6.54 Å². The summed E-state index contributed by atoms with van der Waals surface area (Å²) in [7, 11) is 0. The standard InChI is InChI=1S/C11H14N4O/c1-3-6-14-8-5-12-10(11(14)16)15-7-4-9(2)13-15/h4-5,7-8H,3,6H2,1-2H3. The lowest BCUT2D eigenvalue weighted by Crippen LogP contribution is -2.25. The van der Waals surface area contributed by atoms with Crippen LogP contribution in [0.4, 0.5) is 0 Å². The fraction of sp³-hybridized carbons (Fsp3) is 0.364. The molecule has 5 nitrogen and oxygen atoms in total. The third-order valence-corrected chi connectivity index (χ3v) is 2.30. The van der Waals surface area contributed by atoms with Crippen molar-refractivity contribution in [2.75, 3.05) is 0 Å². The quantitative estimate of drug-likeness (QED) is 0.776. The molecular weight excluding hydrogens is 204 g/mol. The van der Waals surface area contributed by atoms with Crippen LogP contribution >= 0.6 is 0 Å². The summed E-state index contributed by atoms with van der Waals surface area (Å²) in [5, 5.41) is 4.18. The number of aryl methyl sites for hydroxylation is 2. The first-order valence-electron chi connectivity index (χ1n) is 5.30. The maximum Gasteiger partial charge on any atom is 0.295 e. The van der Waals surface area contributed by atoms with Crippen LogP contribution in [0.5, 0.6) is 0 Å². The monoisotopic (exact) mass is 218 g/mol. The van der Waals surface area contributed by atoms with Crippen molar-refractivity contribution in [3.63, 3.8) is 0 Å². The van der Waals surface area contributed by atoms with Crippen LogP contribution < -0.4 is 5.56 Å². The number of nitrogens with zero attached hydrogens (tertiary/aromatic N) is 4. The second kappa shape index (κ2) is 4.30. The average Bonchev–Trinajstić information content (AvgIpc) is 2.68. The van der Waals surface area contributed by atoms with Gasteiger partial charge >= 0.3 is 0 Å². The molecule has 0 radical (unpaired) electrons. The van der Waals surface area contributed by atoms with E-state index in [1.165, 1.54) is 4.68 Å². The molecule has 2 rings (SSSR count). The lowest BCUT2D eigenvalue weighted by Gasteiger charge is -2.05. The lowest BCUT2D eigenvalue weighted by atomic mass is 10.4. The van der Waals surface area contributed by atoms with Crippen LogP contribution in [0.3, 0.4) is 0 Å². The van der Waals surface area contributed by atoms with E-state index in [2.05, 4.69) is 10.1 Å². The Kier molecular flexibility index (Phi) is 2.85. The van der Waals surface area contributed by atoms with Gasteiger partial charge in [-0.05, 0) is 19.4 Å². The molecule has 84 valence electrons. The molecule has 0 atom stereocenters. The van der Waals surface area contributed by atoms with Gasteiger partial charge < -0.3 is 4.57 Å². The predicted octanol–water partition coefficient (Wildman–Crippen LogP) is 1.15. The summed E-state index contributed by atoms with van der Waals surface area (Å²) in [6.07, 6.45) is 5.99. The van der Waals surface area contributed by atoms with E-state index in [-0.39, 0.29) is 5.56 Å². The first kappa shape index (κ1) is 10.6. The van der Waals surface area contributed by atoms with Gasteiger partial charge in [0.05, 0.1) is 5.69 Å². The summed E-state index contributed by atoms with van der Waals surface area (Å²) in [6.45, 7) is 4.61. The molecule has 0 aliphatic heterocycles. The normalized spacial score (nSPS) is 10.6. The van der Waals surface area contributed by atoms with Crippen molar-refractivity contribution in [1.82, 2.24) is 19.3 Å². The number of aromatic nitrogens is 4. The smallest absolute Gasteiger partial charge is 0.295 e. The molecule has 0 aromatic carbocycles. The minimum absolute atomic E-state index is 0.104. The van der Waals surface area contributed by atoms with Crippen LogP contribution in [0.15, 0.2) is 29.5 Å². The molecule has 0 N–H and O–H groups in total. The SMILES string of the molecule is CCCn1ccnc(-n2ccc(C)n2)c1=O. The van der Waals surface area contributed by atoms with E-state index in [1.54, 1.807) is 23.2 Å². The Balaban J connectivity index is 2.50. The zero-order valence-electron chi connectivity index (χ0n) is 9.42. The Morgan fingerprint density at radius 2 is 2.19 bits per heavy atom. The zero-order chi connectivity index (χ0) is 11.5. The minimum Gasteiger partial charge on any atom is -0.311 e. The average molecular weight is 218 g/mol. The highest BCUT2D eigenvalue weighted by atomic mass is 16.1. The van der Waals surface area contributed by atoms with Gasteiger partial charge in [0.25, 0.3) is 5.56 Å². The van der Waals surface area contributed by atoms with Crippen molar-refractivity contribution in [3.05, 3.63) is 40.7 Å². The van der Waals surface area contributed by atoms with Crippen LogP contribution in [0, 0.1) is 6.92 Å². The van der Waals surface area contributed by atoms with Crippen molar-refractivity contribution in [2.24, 2.45) is 0 Å². The van der Waals surface area contributed by atoms with Gasteiger partial charge in [-0.2, -0.15) is 5.10 Å². The molecule has 2 aromatic rings. The highest BCUT2D eigenvalue weighted by molar-refractivity contribution is 5.17. The molecule has 0 bridgehead atoms. The molecule has 0 saturated carbocycles. The van der Waals surface area contributed by atoms with Gasteiger partial charge in [0, 0.05) is 25.1 Å². The highest BCUT2D eigenvalue weighted by Crippen LogP contribution is 1.98. The van der Waals surface area contributed by atoms with Gasteiger partial charge in [-0.1, -0.05) is 6.92 Å². The van der Waals surface area contributed by atoms with Gasteiger partial charge in [0.1, 0.15) is 0 Å². The fourth-order valence-corrected chi connectivity index (χ4v) is 1.54. The second-order valence-corrected chi connectivity index (χ2v) is 3.65. The Bertz CT molecular complexity index is 541. The molecule has 0 aliphatic rings. The summed E-state index contributed by atoms with van der Waals surface area (Å²) < 4.78 is 3.17. The molecule has 2 aromatic heterocycles. The van der Waals surface area contributed by atoms with Crippen molar-refractivity contribution in [3.8, 4) is 5.82 Å². The van der Waals surface area contributed by atoms with E-state index < -0.39 is 0 Å². The first-order valence-corrected chi connectivity index (χ1v) is 5.30. The molecule has 0 saturated heterocycles. The van der Waals surface area contributed by atoms with Gasteiger partial charge in [-0.15, -0.1) is 0 Å². The number of rotatable bonds is 3. The molecule has 5 heteroatoms. The van der Waals surface area contributed by atoms with E-state index in [4.69, 9.17) is 0 Å². The topological polar surface area (TPSA) is 52.7 Å². The third-order valence-electron chi connectivity index (χ3n) is 2.30. The third kappa shape index (κ3) is 1.88. The molecule has 0 spiro atoms. The largest absolute Gasteiger partial charge is 0.311 e. The molecular formula is C11H14N4O. The van der Waals surface area contributed by atoms with Crippen LogP contribution in [0.2, 0.25) is 0 Å². The Hall–Kier alpha value is -1.91. The highest BCUT2D eigenvalue weighted by Gasteiger charge is 2.07. The Morgan fingerprint density at radius 1 is 1.38 bits per heavy atom. The molecule has 0 fully saturated rings. The van der Waals surface area contributed by atoms with Crippen LogP contribution in [0.1, 0.15) is 19.0 Å². The second-order valence-electron chi connectivity index (χ2n) is 3.65. The fourth-order valence-electron chi connectivity index (χ4n) is 1.54. The van der Waals surface area contributed by atoms with Gasteiger partial charge in [-0.3, -0.25) is 4.79 Å². The van der Waals surface area contributed by atoms with Crippen molar-refractivity contribution < 1.29 is 0 Å². The zero-order valence-corrected chi connectivity index (χ0v) is 9.42. The minimum atomic E-state index is -0.104. The van der Waals surface area contributed by atoms with Crippen LogP contribution in [-0.4, -0.2) is 19.3 Å². The van der Waals surface area contributed by atoms with E-state index >= 15 is 0 Å². The number of hydrogen-bond acceptors (Lipinski definition) is 3. The Morgan fingerprint density at radius 3 is 2.81 bits per heavy atom. The van der Waals surface area contributed by atoms with Gasteiger partial charge in [0.15, 0.2) is 0 Å². The summed E-state index contributed by atoms with van der Waals surface area (Å²) in [4.78, 5) is 16.1. The lowest BCUT2D eigenvalue weighted by molar-refractivity contribution is 0.636. The van der Waals surface area contributed by atoms with Crippen LogP contribution in [0.25, 0.3) is 5.82 Å². The first-order chi connectivity index (χ1) is 7.72. The van der Waals surface area contributed by atoms with E-state index in [0.717, 1.165) is 12.1 Å². The predicted molar refractivity (Wildman–Crippen MR) is 60.6 cm³/mol.